The number of hydrogen-bond acceptors (Lipinski definition) is 4. The average molecular weight is 433 g/mol. The van der Waals surface area contributed by atoms with Crippen LogP contribution in [0.15, 0.2) is 53.0 Å². The van der Waals surface area contributed by atoms with Gasteiger partial charge in [0.2, 0.25) is 0 Å². The van der Waals surface area contributed by atoms with E-state index >= 15 is 0 Å². The van der Waals surface area contributed by atoms with Crippen LogP contribution < -0.4 is 15.4 Å². The lowest BCUT2D eigenvalue weighted by Crippen LogP contribution is -2.40. The first-order valence-electron chi connectivity index (χ1n) is 8.77. The summed E-state index contributed by atoms with van der Waals surface area (Å²) in [6.45, 7) is 1.07. The normalized spacial score (nSPS) is 16.4. The standard InChI is InChI=1S/C20H21BrN2O4/c21-14-7-9-15(10-8-14)22-19(24)13-27-18-6-2-1-5-17(18)20(25)23-16-4-3-11-26-12-16/h1-2,5-10,16H,3-4,11-13H2,(H,22,24)(H,23,25). The molecule has 142 valence electrons. The lowest BCUT2D eigenvalue weighted by Gasteiger charge is -2.23. The lowest BCUT2D eigenvalue weighted by molar-refractivity contribution is -0.118. The minimum absolute atomic E-state index is 0.00000872. The van der Waals surface area contributed by atoms with Gasteiger partial charge in [0.25, 0.3) is 11.8 Å². The molecule has 6 nitrogen and oxygen atoms in total. The van der Waals surface area contributed by atoms with Crippen LogP contribution in [0.5, 0.6) is 5.75 Å². The summed E-state index contributed by atoms with van der Waals surface area (Å²) in [4.78, 5) is 24.7. The van der Waals surface area contributed by atoms with E-state index in [-0.39, 0.29) is 24.5 Å². The summed E-state index contributed by atoms with van der Waals surface area (Å²) in [7, 11) is 0. The third-order valence-electron chi connectivity index (χ3n) is 4.11. The molecule has 1 unspecified atom stereocenters. The number of carbonyl (C=O) groups excluding carboxylic acids is 2. The minimum Gasteiger partial charge on any atom is -0.483 e. The first kappa shape index (κ1) is 19.4. The number of halogens is 1. The number of hydrogen-bond donors (Lipinski definition) is 2. The number of benzene rings is 2. The molecule has 1 aliphatic heterocycles. The van der Waals surface area contributed by atoms with Gasteiger partial charge in [-0.25, -0.2) is 0 Å². The zero-order valence-electron chi connectivity index (χ0n) is 14.7. The fourth-order valence-electron chi connectivity index (χ4n) is 2.77. The molecular formula is C20H21BrN2O4. The van der Waals surface area contributed by atoms with Gasteiger partial charge in [-0.3, -0.25) is 9.59 Å². The van der Waals surface area contributed by atoms with Gasteiger partial charge in [-0.15, -0.1) is 0 Å². The van der Waals surface area contributed by atoms with Crippen LogP contribution in [0, 0.1) is 0 Å². The molecule has 2 amide bonds. The van der Waals surface area contributed by atoms with Crippen molar-refractivity contribution in [2.24, 2.45) is 0 Å². The van der Waals surface area contributed by atoms with Crippen molar-refractivity contribution in [2.75, 3.05) is 25.1 Å². The number of ether oxygens (including phenoxy) is 2. The van der Waals surface area contributed by atoms with Crippen molar-refractivity contribution in [3.05, 3.63) is 58.6 Å². The monoisotopic (exact) mass is 432 g/mol. The fourth-order valence-corrected chi connectivity index (χ4v) is 3.04. The summed E-state index contributed by atoms with van der Waals surface area (Å²) in [6.07, 6.45) is 1.82. The second-order valence-electron chi connectivity index (χ2n) is 6.23. The highest BCUT2D eigenvalue weighted by Crippen LogP contribution is 2.19. The molecule has 1 fully saturated rings. The molecule has 0 spiro atoms. The number of anilines is 1. The summed E-state index contributed by atoms with van der Waals surface area (Å²) in [5, 5.41) is 5.71. The Kier molecular flexibility index (Phi) is 6.84. The molecule has 1 atom stereocenters. The highest BCUT2D eigenvalue weighted by atomic mass is 79.9. The summed E-state index contributed by atoms with van der Waals surface area (Å²) in [5.41, 5.74) is 1.08. The molecule has 7 heteroatoms. The van der Waals surface area contributed by atoms with Crippen LogP contribution in [0.25, 0.3) is 0 Å². The van der Waals surface area contributed by atoms with Gasteiger partial charge in [-0.1, -0.05) is 28.1 Å². The van der Waals surface area contributed by atoms with Crippen LogP contribution in [0.3, 0.4) is 0 Å². The lowest BCUT2D eigenvalue weighted by atomic mass is 10.1. The van der Waals surface area contributed by atoms with Crippen LogP contribution in [-0.2, 0) is 9.53 Å². The molecule has 1 saturated heterocycles. The third kappa shape index (κ3) is 5.80. The smallest absolute Gasteiger partial charge is 0.262 e. The van der Waals surface area contributed by atoms with E-state index in [4.69, 9.17) is 9.47 Å². The van der Waals surface area contributed by atoms with Crippen LogP contribution >= 0.6 is 15.9 Å². The molecule has 0 aliphatic carbocycles. The number of amides is 2. The maximum atomic E-state index is 12.5. The molecule has 0 radical (unpaired) electrons. The van der Waals surface area contributed by atoms with E-state index in [1.54, 1.807) is 36.4 Å². The van der Waals surface area contributed by atoms with E-state index in [0.717, 1.165) is 23.9 Å². The molecule has 1 aliphatic rings. The van der Waals surface area contributed by atoms with Gasteiger partial charge in [0.15, 0.2) is 6.61 Å². The molecule has 2 aromatic rings. The summed E-state index contributed by atoms with van der Waals surface area (Å²) >= 11 is 3.35. The van der Waals surface area contributed by atoms with Crippen molar-refractivity contribution in [3.8, 4) is 5.75 Å². The fraction of sp³-hybridized carbons (Fsp3) is 0.300. The number of carbonyl (C=O) groups is 2. The van der Waals surface area contributed by atoms with Crippen LogP contribution in [0.2, 0.25) is 0 Å². The van der Waals surface area contributed by atoms with Crippen molar-refractivity contribution in [1.82, 2.24) is 5.32 Å². The minimum atomic E-state index is -0.298. The molecule has 2 N–H and O–H groups in total. The van der Waals surface area contributed by atoms with Gasteiger partial charge < -0.3 is 20.1 Å². The Morgan fingerprint density at radius 1 is 1.15 bits per heavy atom. The van der Waals surface area contributed by atoms with Crippen LogP contribution in [0.4, 0.5) is 5.69 Å². The van der Waals surface area contributed by atoms with Gasteiger partial charge in [-0.2, -0.15) is 0 Å². The highest BCUT2D eigenvalue weighted by molar-refractivity contribution is 9.10. The van der Waals surface area contributed by atoms with Gasteiger partial charge in [0.05, 0.1) is 18.2 Å². The Labute approximate surface area is 166 Å². The summed E-state index contributed by atoms with van der Waals surface area (Å²) in [6, 6.07) is 14.1. The van der Waals surface area contributed by atoms with Crippen molar-refractivity contribution in [3.63, 3.8) is 0 Å². The van der Waals surface area contributed by atoms with E-state index < -0.39 is 0 Å². The zero-order valence-corrected chi connectivity index (χ0v) is 16.3. The first-order chi connectivity index (χ1) is 13.1. The second-order valence-corrected chi connectivity index (χ2v) is 7.14. The Hall–Kier alpha value is -2.38. The van der Waals surface area contributed by atoms with E-state index in [2.05, 4.69) is 26.6 Å². The van der Waals surface area contributed by atoms with Crippen molar-refractivity contribution in [2.45, 2.75) is 18.9 Å². The Morgan fingerprint density at radius 2 is 1.93 bits per heavy atom. The maximum Gasteiger partial charge on any atom is 0.262 e. The zero-order chi connectivity index (χ0) is 19.1. The maximum absolute atomic E-state index is 12.5. The van der Waals surface area contributed by atoms with Gasteiger partial charge in [-0.05, 0) is 49.2 Å². The Morgan fingerprint density at radius 3 is 2.67 bits per heavy atom. The van der Waals surface area contributed by atoms with Gasteiger partial charge in [0.1, 0.15) is 5.75 Å². The number of rotatable bonds is 6. The number of nitrogens with one attached hydrogen (secondary N) is 2. The van der Waals surface area contributed by atoms with Gasteiger partial charge >= 0.3 is 0 Å². The van der Waals surface area contributed by atoms with E-state index in [9.17, 15) is 9.59 Å². The molecule has 1 heterocycles. The van der Waals surface area contributed by atoms with E-state index in [1.165, 1.54) is 0 Å². The van der Waals surface area contributed by atoms with Crippen molar-refractivity contribution >= 4 is 33.4 Å². The second kappa shape index (κ2) is 9.53. The third-order valence-corrected chi connectivity index (χ3v) is 4.64. The molecule has 2 aromatic carbocycles. The molecular weight excluding hydrogens is 412 g/mol. The molecule has 0 saturated carbocycles. The average Bonchev–Trinajstić information content (AvgIpc) is 2.69. The molecule has 0 aromatic heterocycles. The first-order valence-corrected chi connectivity index (χ1v) is 9.57. The predicted molar refractivity (Wildman–Crippen MR) is 106 cm³/mol. The SMILES string of the molecule is O=C(COc1ccccc1C(=O)NC1CCCOC1)Nc1ccc(Br)cc1. The van der Waals surface area contributed by atoms with Gasteiger partial charge in [0, 0.05) is 16.8 Å². The quantitative estimate of drug-likeness (QED) is 0.733. The largest absolute Gasteiger partial charge is 0.483 e. The van der Waals surface area contributed by atoms with E-state index in [1.807, 2.05) is 12.1 Å². The highest BCUT2D eigenvalue weighted by Gasteiger charge is 2.19. The number of para-hydroxylation sites is 1. The summed E-state index contributed by atoms with van der Waals surface area (Å²) < 4.78 is 11.9. The molecule has 3 rings (SSSR count). The molecule has 27 heavy (non-hydrogen) atoms. The van der Waals surface area contributed by atoms with Crippen molar-refractivity contribution in [1.29, 1.82) is 0 Å². The Balaban J connectivity index is 1.57. The topological polar surface area (TPSA) is 76.7 Å². The molecule has 0 bridgehead atoms. The predicted octanol–water partition coefficient (Wildman–Crippen LogP) is 3.38. The van der Waals surface area contributed by atoms with Crippen molar-refractivity contribution < 1.29 is 19.1 Å². The Bertz CT molecular complexity index is 789. The van der Waals surface area contributed by atoms with Crippen LogP contribution in [0.1, 0.15) is 23.2 Å². The van der Waals surface area contributed by atoms with Crippen LogP contribution in [-0.4, -0.2) is 37.7 Å². The summed E-state index contributed by atoms with van der Waals surface area (Å²) in [5.74, 6) is -0.152. The van der Waals surface area contributed by atoms with E-state index in [0.29, 0.717) is 23.6 Å².